The molecule has 5 nitrogen and oxygen atoms in total. The fraction of sp³-hybridized carbons (Fsp3) is 0.500. The topological polar surface area (TPSA) is 54.5 Å². The van der Waals surface area contributed by atoms with Gasteiger partial charge < -0.3 is 10.1 Å². The van der Waals surface area contributed by atoms with E-state index in [-0.39, 0.29) is 23.5 Å². The van der Waals surface area contributed by atoms with Crippen molar-refractivity contribution in [3.63, 3.8) is 0 Å². The van der Waals surface area contributed by atoms with Crippen molar-refractivity contribution in [2.24, 2.45) is 0 Å². The van der Waals surface area contributed by atoms with Crippen molar-refractivity contribution in [3.8, 4) is 5.75 Å². The molecule has 0 unspecified atom stereocenters. The molecule has 154 valence electrons. The second-order valence-corrected chi connectivity index (χ2v) is 8.79. The number of piperidine rings is 1. The highest BCUT2D eigenvalue weighted by Crippen LogP contribution is 2.46. The maximum atomic E-state index is 12.5. The molecule has 1 spiro atoms. The monoisotopic (exact) mass is 393 g/mol. The molecule has 3 heterocycles. The third-order valence-corrected chi connectivity index (χ3v) is 6.08. The van der Waals surface area contributed by atoms with Gasteiger partial charge in [0, 0.05) is 50.4 Å². The first-order chi connectivity index (χ1) is 14.0. The summed E-state index contributed by atoms with van der Waals surface area (Å²) in [5.74, 6) is 1.30. The molecule has 1 saturated heterocycles. The highest BCUT2D eigenvalue weighted by molar-refractivity contribution is 5.77. The number of ether oxygens (including phenoxy) is 1. The third kappa shape index (κ3) is 4.78. The van der Waals surface area contributed by atoms with Crippen molar-refractivity contribution >= 4 is 5.91 Å². The SMILES string of the molecule is CC(C)NC(=O)C[C@@H]1CC2(CCN(Cc3cccnc3)CC2)Oc2ccccc21. The zero-order valence-electron chi connectivity index (χ0n) is 17.4. The molecule has 2 aliphatic heterocycles. The zero-order valence-corrected chi connectivity index (χ0v) is 17.4. The molecule has 0 bridgehead atoms. The molecule has 1 fully saturated rings. The first-order valence-corrected chi connectivity index (χ1v) is 10.7. The number of carbonyl (C=O) groups is 1. The average Bonchev–Trinajstić information content (AvgIpc) is 2.70. The summed E-state index contributed by atoms with van der Waals surface area (Å²) < 4.78 is 6.58. The van der Waals surface area contributed by atoms with Crippen LogP contribution >= 0.6 is 0 Å². The van der Waals surface area contributed by atoms with Crippen LogP contribution in [0.3, 0.4) is 0 Å². The fourth-order valence-electron chi connectivity index (χ4n) is 4.71. The van der Waals surface area contributed by atoms with Crippen LogP contribution in [0.2, 0.25) is 0 Å². The first kappa shape index (κ1) is 19.9. The van der Waals surface area contributed by atoms with Crippen molar-refractivity contribution in [2.45, 2.75) is 63.6 Å². The molecule has 0 aliphatic carbocycles. The van der Waals surface area contributed by atoms with Crippen molar-refractivity contribution < 1.29 is 9.53 Å². The van der Waals surface area contributed by atoms with Crippen LogP contribution in [-0.4, -0.2) is 40.5 Å². The number of aromatic nitrogens is 1. The number of hydrogen-bond donors (Lipinski definition) is 1. The van der Waals surface area contributed by atoms with Crippen LogP contribution in [0.25, 0.3) is 0 Å². The van der Waals surface area contributed by atoms with Crippen LogP contribution in [0.5, 0.6) is 5.75 Å². The summed E-state index contributed by atoms with van der Waals surface area (Å²) in [6, 6.07) is 12.5. The Morgan fingerprint density at radius 3 is 2.76 bits per heavy atom. The van der Waals surface area contributed by atoms with Gasteiger partial charge in [0.25, 0.3) is 0 Å². The maximum Gasteiger partial charge on any atom is 0.220 e. The number of amides is 1. The number of hydrogen-bond acceptors (Lipinski definition) is 4. The summed E-state index contributed by atoms with van der Waals surface area (Å²) in [7, 11) is 0. The lowest BCUT2D eigenvalue weighted by molar-refractivity contribution is -0.122. The van der Waals surface area contributed by atoms with E-state index in [2.05, 4.69) is 33.4 Å². The lowest BCUT2D eigenvalue weighted by Crippen LogP contribution is -2.50. The summed E-state index contributed by atoms with van der Waals surface area (Å²) in [4.78, 5) is 19.2. The Morgan fingerprint density at radius 1 is 1.24 bits per heavy atom. The van der Waals surface area contributed by atoms with Crippen LogP contribution in [0, 0.1) is 0 Å². The van der Waals surface area contributed by atoms with Crippen LogP contribution in [0.15, 0.2) is 48.8 Å². The van der Waals surface area contributed by atoms with Crippen LogP contribution in [0.1, 0.15) is 56.6 Å². The minimum Gasteiger partial charge on any atom is -0.487 e. The Bertz CT molecular complexity index is 829. The molecule has 1 amide bonds. The number of nitrogens with zero attached hydrogens (tertiary/aromatic N) is 2. The van der Waals surface area contributed by atoms with Gasteiger partial charge >= 0.3 is 0 Å². The fourth-order valence-corrected chi connectivity index (χ4v) is 4.71. The van der Waals surface area contributed by atoms with Crippen molar-refractivity contribution in [2.75, 3.05) is 13.1 Å². The molecule has 1 N–H and O–H groups in total. The molecule has 1 aromatic carbocycles. The summed E-state index contributed by atoms with van der Waals surface area (Å²) in [5, 5.41) is 3.05. The van der Waals surface area contributed by atoms with Gasteiger partial charge in [-0.1, -0.05) is 24.3 Å². The highest BCUT2D eigenvalue weighted by atomic mass is 16.5. The van der Waals surface area contributed by atoms with Crippen LogP contribution < -0.4 is 10.1 Å². The molecule has 4 rings (SSSR count). The van der Waals surface area contributed by atoms with Gasteiger partial charge in [-0.3, -0.25) is 14.7 Å². The second-order valence-electron chi connectivity index (χ2n) is 8.79. The molecule has 2 aliphatic rings. The highest BCUT2D eigenvalue weighted by Gasteiger charge is 2.43. The van der Waals surface area contributed by atoms with Gasteiger partial charge in [-0.25, -0.2) is 0 Å². The van der Waals surface area contributed by atoms with Gasteiger partial charge in [0.2, 0.25) is 5.91 Å². The Morgan fingerprint density at radius 2 is 2.03 bits per heavy atom. The molecular weight excluding hydrogens is 362 g/mol. The lowest BCUT2D eigenvalue weighted by atomic mass is 9.76. The van der Waals surface area contributed by atoms with Gasteiger partial charge in [-0.2, -0.15) is 0 Å². The first-order valence-electron chi connectivity index (χ1n) is 10.7. The van der Waals surface area contributed by atoms with Gasteiger partial charge in [0.15, 0.2) is 0 Å². The van der Waals surface area contributed by atoms with E-state index in [9.17, 15) is 4.79 Å². The number of rotatable bonds is 5. The number of fused-ring (bicyclic) bond motifs is 1. The van der Waals surface area contributed by atoms with Crippen molar-refractivity contribution in [3.05, 3.63) is 59.9 Å². The smallest absolute Gasteiger partial charge is 0.220 e. The summed E-state index contributed by atoms with van der Waals surface area (Å²) in [6.07, 6.45) is 7.18. The summed E-state index contributed by atoms with van der Waals surface area (Å²) in [6.45, 7) is 6.95. The Balaban J connectivity index is 1.45. The quantitative estimate of drug-likeness (QED) is 0.837. The molecule has 29 heavy (non-hydrogen) atoms. The third-order valence-electron chi connectivity index (χ3n) is 6.08. The zero-order chi connectivity index (χ0) is 20.3. The number of benzene rings is 1. The van der Waals surface area contributed by atoms with E-state index in [0.29, 0.717) is 6.42 Å². The molecule has 0 saturated carbocycles. The standard InChI is InChI=1S/C24H31N3O2/c1-18(2)26-23(28)14-20-15-24(29-22-8-4-3-7-21(20)22)9-12-27(13-10-24)17-19-6-5-11-25-16-19/h3-8,11,16,18,20H,9-10,12-15,17H2,1-2H3,(H,26,28)/t20-/m1/s1. The van der Waals surface area contributed by atoms with Gasteiger partial charge in [-0.05, 0) is 56.4 Å². The van der Waals surface area contributed by atoms with E-state index in [1.807, 2.05) is 44.4 Å². The number of likely N-dealkylation sites (tertiary alicyclic amines) is 1. The molecule has 2 aromatic rings. The predicted molar refractivity (Wildman–Crippen MR) is 114 cm³/mol. The summed E-state index contributed by atoms with van der Waals surface area (Å²) in [5.41, 5.74) is 2.26. The van der Waals surface area contributed by atoms with Crippen molar-refractivity contribution in [1.29, 1.82) is 0 Å². The lowest BCUT2D eigenvalue weighted by Gasteiger charge is -2.47. The molecular formula is C24H31N3O2. The second kappa shape index (κ2) is 8.54. The van der Waals surface area contributed by atoms with E-state index in [1.165, 1.54) is 11.1 Å². The van der Waals surface area contributed by atoms with Gasteiger partial charge in [0.1, 0.15) is 11.4 Å². The molecule has 0 radical (unpaired) electrons. The van der Waals surface area contributed by atoms with Crippen molar-refractivity contribution in [1.82, 2.24) is 15.2 Å². The Hall–Kier alpha value is -2.40. The predicted octanol–water partition coefficient (Wildman–Crippen LogP) is 3.90. The Labute approximate surface area is 173 Å². The Kier molecular flexibility index (Phi) is 5.86. The van der Waals surface area contributed by atoms with E-state index in [0.717, 1.165) is 44.6 Å². The largest absolute Gasteiger partial charge is 0.487 e. The minimum absolute atomic E-state index is 0.130. The minimum atomic E-state index is -0.164. The number of nitrogens with one attached hydrogen (secondary N) is 1. The molecule has 1 atom stereocenters. The van der Waals surface area contributed by atoms with E-state index >= 15 is 0 Å². The number of para-hydroxylation sites is 1. The van der Waals surface area contributed by atoms with E-state index in [1.54, 1.807) is 0 Å². The average molecular weight is 394 g/mol. The van der Waals surface area contributed by atoms with Gasteiger partial charge in [-0.15, -0.1) is 0 Å². The van der Waals surface area contributed by atoms with Gasteiger partial charge in [0.05, 0.1) is 0 Å². The normalized spacial score (nSPS) is 20.9. The number of carbonyl (C=O) groups excluding carboxylic acids is 1. The van der Waals surface area contributed by atoms with Crippen LogP contribution in [-0.2, 0) is 11.3 Å². The van der Waals surface area contributed by atoms with E-state index in [4.69, 9.17) is 4.74 Å². The van der Waals surface area contributed by atoms with E-state index < -0.39 is 0 Å². The molecule has 5 heteroatoms. The summed E-state index contributed by atoms with van der Waals surface area (Å²) >= 11 is 0. The van der Waals surface area contributed by atoms with Crippen LogP contribution in [0.4, 0.5) is 0 Å². The number of pyridine rings is 1. The maximum absolute atomic E-state index is 12.5. The molecule has 1 aromatic heterocycles.